The van der Waals surface area contributed by atoms with Crippen molar-refractivity contribution in [2.45, 2.75) is 38.8 Å². The van der Waals surface area contributed by atoms with E-state index >= 15 is 0 Å². The second-order valence-electron chi connectivity index (χ2n) is 6.33. The molecule has 1 aliphatic heterocycles. The topological polar surface area (TPSA) is 63.7 Å². The summed E-state index contributed by atoms with van der Waals surface area (Å²) in [4.78, 5) is 11.0. The quantitative estimate of drug-likeness (QED) is 0.671. The van der Waals surface area contributed by atoms with E-state index in [0.717, 1.165) is 30.1 Å². The summed E-state index contributed by atoms with van der Waals surface area (Å²) >= 11 is 0. The number of hydrogen-bond acceptors (Lipinski definition) is 3. The van der Waals surface area contributed by atoms with Crippen molar-refractivity contribution in [1.29, 1.82) is 0 Å². The highest BCUT2D eigenvalue weighted by molar-refractivity contribution is 5.78. The summed E-state index contributed by atoms with van der Waals surface area (Å²) in [5, 5.41) is 0. The largest absolute Gasteiger partial charge is 0.487 e. The van der Waals surface area contributed by atoms with Gasteiger partial charge in [0.05, 0.1) is 12.2 Å². The monoisotopic (exact) mass is 338 g/mol. The first-order valence-electron chi connectivity index (χ1n) is 8.98. The molecule has 1 fully saturated rings. The molecule has 0 spiro atoms. The van der Waals surface area contributed by atoms with E-state index in [1.807, 2.05) is 42.5 Å². The Hall–Kier alpha value is -2.56. The fraction of sp³-hybridized carbons (Fsp3) is 0.400. The molecule has 1 aromatic heterocycles. The van der Waals surface area contributed by atoms with Crippen LogP contribution in [-0.2, 0) is 13.2 Å². The minimum atomic E-state index is 0.472. The minimum absolute atomic E-state index is 0.472. The lowest BCUT2D eigenvalue weighted by Gasteiger charge is -2.21. The number of hydrogen-bond donors (Lipinski definition) is 1. The standard InChI is InChI=1S/C20H26N4O/c21-20(24-13-5-1-2-6-14-24)23-15-17-8-10-19(11-9-17)25-16-18-7-3-4-12-22-18/h3-4,7-12H,1-2,5-6,13-16H2,(H2,21,23). The number of likely N-dealkylation sites (tertiary alicyclic amines) is 1. The number of aromatic nitrogens is 1. The lowest BCUT2D eigenvalue weighted by atomic mass is 10.2. The summed E-state index contributed by atoms with van der Waals surface area (Å²) in [5.41, 5.74) is 8.20. The van der Waals surface area contributed by atoms with Gasteiger partial charge in [-0.2, -0.15) is 0 Å². The van der Waals surface area contributed by atoms with Gasteiger partial charge in [0.1, 0.15) is 12.4 Å². The molecule has 25 heavy (non-hydrogen) atoms. The van der Waals surface area contributed by atoms with Crippen LogP contribution in [0.1, 0.15) is 36.9 Å². The molecule has 0 aliphatic carbocycles. The van der Waals surface area contributed by atoms with Crippen molar-refractivity contribution in [2.75, 3.05) is 13.1 Å². The Kier molecular flexibility index (Phi) is 6.26. The van der Waals surface area contributed by atoms with Crippen LogP contribution in [0.5, 0.6) is 5.75 Å². The Morgan fingerprint density at radius 1 is 1.04 bits per heavy atom. The zero-order chi connectivity index (χ0) is 17.3. The van der Waals surface area contributed by atoms with Gasteiger partial charge in [-0.1, -0.05) is 31.0 Å². The van der Waals surface area contributed by atoms with Gasteiger partial charge in [0.2, 0.25) is 0 Å². The van der Waals surface area contributed by atoms with Gasteiger partial charge in [0.15, 0.2) is 5.96 Å². The third-order valence-corrected chi connectivity index (χ3v) is 4.39. The van der Waals surface area contributed by atoms with Gasteiger partial charge in [-0.15, -0.1) is 0 Å². The molecule has 132 valence electrons. The first-order chi connectivity index (χ1) is 12.3. The van der Waals surface area contributed by atoms with Crippen molar-refractivity contribution in [3.05, 3.63) is 59.9 Å². The van der Waals surface area contributed by atoms with Gasteiger partial charge in [0.25, 0.3) is 0 Å². The summed E-state index contributed by atoms with van der Waals surface area (Å²) in [6.45, 7) is 3.12. The van der Waals surface area contributed by atoms with Crippen LogP contribution >= 0.6 is 0 Å². The predicted molar refractivity (Wildman–Crippen MR) is 100 cm³/mol. The Balaban J connectivity index is 1.50. The molecule has 5 nitrogen and oxygen atoms in total. The molecule has 0 saturated carbocycles. The summed E-state index contributed by atoms with van der Waals surface area (Å²) in [5.74, 6) is 1.50. The summed E-state index contributed by atoms with van der Waals surface area (Å²) < 4.78 is 5.75. The number of pyridine rings is 1. The highest BCUT2D eigenvalue weighted by Gasteiger charge is 2.10. The highest BCUT2D eigenvalue weighted by atomic mass is 16.5. The minimum Gasteiger partial charge on any atom is -0.487 e. The van der Waals surface area contributed by atoms with Gasteiger partial charge >= 0.3 is 0 Å². The normalized spacial score (nSPS) is 15.7. The number of nitrogens with zero attached hydrogens (tertiary/aromatic N) is 3. The molecule has 2 N–H and O–H groups in total. The Bertz CT molecular complexity index is 662. The molecule has 3 rings (SSSR count). The van der Waals surface area contributed by atoms with Crippen LogP contribution in [0.2, 0.25) is 0 Å². The number of ether oxygens (including phenoxy) is 1. The predicted octanol–water partition coefficient (Wildman–Crippen LogP) is 3.35. The molecule has 1 aromatic carbocycles. The second kappa shape index (κ2) is 9.06. The lowest BCUT2D eigenvalue weighted by molar-refractivity contribution is 0.301. The van der Waals surface area contributed by atoms with E-state index in [2.05, 4.69) is 14.9 Å². The summed E-state index contributed by atoms with van der Waals surface area (Å²) in [6, 6.07) is 13.8. The fourth-order valence-electron chi connectivity index (χ4n) is 2.90. The highest BCUT2D eigenvalue weighted by Crippen LogP contribution is 2.15. The van der Waals surface area contributed by atoms with Crippen molar-refractivity contribution in [3.63, 3.8) is 0 Å². The van der Waals surface area contributed by atoms with Crippen LogP contribution in [-0.4, -0.2) is 28.9 Å². The van der Waals surface area contributed by atoms with E-state index in [1.165, 1.54) is 25.7 Å². The fourth-order valence-corrected chi connectivity index (χ4v) is 2.90. The molecule has 1 saturated heterocycles. The first-order valence-corrected chi connectivity index (χ1v) is 8.98. The Labute approximate surface area is 149 Å². The molecule has 5 heteroatoms. The van der Waals surface area contributed by atoms with Crippen molar-refractivity contribution < 1.29 is 4.74 Å². The van der Waals surface area contributed by atoms with Gasteiger partial charge in [-0.25, -0.2) is 4.99 Å². The smallest absolute Gasteiger partial charge is 0.191 e. The second-order valence-corrected chi connectivity index (χ2v) is 6.33. The molecule has 0 unspecified atom stereocenters. The maximum absolute atomic E-state index is 6.15. The maximum Gasteiger partial charge on any atom is 0.191 e. The van der Waals surface area contributed by atoms with Crippen LogP contribution in [0.15, 0.2) is 53.7 Å². The average Bonchev–Trinajstić information content (AvgIpc) is 2.96. The van der Waals surface area contributed by atoms with Crippen LogP contribution in [0, 0.1) is 0 Å². The Morgan fingerprint density at radius 3 is 2.48 bits per heavy atom. The molecule has 0 radical (unpaired) electrons. The number of rotatable bonds is 5. The first kappa shape index (κ1) is 17.3. The van der Waals surface area contributed by atoms with Crippen molar-refractivity contribution >= 4 is 5.96 Å². The molecule has 0 atom stereocenters. The lowest BCUT2D eigenvalue weighted by Crippen LogP contribution is -2.38. The zero-order valence-corrected chi connectivity index (χ0v) is 14.6. The van der Waals surface area contributed by atoms with E-state index < -0.39 is 0 Å². The van der Waals surface area contributed by atoms with E-state index in [9.17, 15) is 0 Å². The van der Waals surface area contributed by atoms with Crippen LogP contribution in [0.25, 0.3) is 0 Å². The number of benzene rings is 1. The van der Waals surface area contributed by atoms with E-state index in [0.29, 0.717) is 19.1 Å². The number of aliphatic imine (C=N–C) groups is 1. The third-order valence-electron chi connectivity index (χ3n) is 4.39. The number of guanidine groups is 1. The van der Waals surface area contributed by atoms with Crippen LogP contribution < -0.4 is 10.5 Å². The van der Waals surface area contributed by atoms with E-state index in [4.69, 9.17) is 10.5 Å². The molecule has 2 aromatic rings. The third kappa shape index (κ3) is 5.48. The zero-order valence-electron chi connectivity index (χ0n) is 14.6. The SMILES string of the molecule is NC(=NCc1ccc(OCc2ccccn2)cc1)N1CCCCCC1. The van der Waals surface area contributed by atoms with Gasteiger partial charge in [-0.05, 0) is 42.7 Å². The maximum atomic E-state index is 6.15. The Morgan fingerprint density at radius 2 is 1.80 bits per heavy atom. The molecule has 0 bridgehead atoms. The van der Waals surface area contributed by atoms with Crippen LogP contribution in [0.4, 0.5) is 0 Å². The average molecular weight is 338 g/mol. The van der Waals surface area contributed by atoms with E-state index in [1.54, 1.807) is 6.20 Å². The van der Waals surface area contributed by atoms with Gasteiger partial charge in [0, 0.05) is 19.3 Å². The summed E-state index contributed by atoms with van der Waals surface area (Å²) in [6.07, 6.45) is 6.78. The molecule has 2 heterocycles. The molecular weight excluding hydrogens is 312 g/mol. The summed E-state index contributed by atoms with van der Waals surface area (Å²) in [7, 11) is 0. The van der Waals surface area contributed by atoms with E-state index in [-0.39, 0.29) is 0 Å². The van der Waals surface area contributed by atoms with Gasteiger partial charge in [-0.3, -0.25) is 4.98 Å². The number of nitrogens with two attached hydrogens (primary N) is 1. The van der Waals surface area contributed by atoms with Crippen molar-refractivity contribution in [2.24, 2.45) is 10.7 Å². The molecule has 1 aliphatic rings. The molecular formula is C20H26N4O. The van der Waals surface area contributed by atoms with Crippen molar-refractivity contribution in [1.82, 2.24) is 9.88 Å². The van der Waals surface area contributed by atoms with Crippen LogP contribution in [0.3, 0.4) is 0 Å². The van der Waals surface area contributed by atoms with Gasteiger partial charge < -0.3 is 15.4 Å². The van der Waals surface area contributed by atoms with Crippen molar-refractivity contribution in [3.8, 4) is 5.75 Å². The molecule has 0 amide bonds.